The zero-order valence-corrected chi connectivity index (χ0v) is 8.56. The number of nitrogens with zero attached hydrogens (tertiary/aromatic N) is 2. The van der Waals surface area contributed by atoms with Crippen LogP contribution in [0.15, 0.2) is 17.2 Å². The summed E-state index contributed by atoms with van der Waals surface area (Å²) in [4.78, 5) is 15.2. The molecule has 0 bridgehead atoms. The Bertz CT molecular complexity index is 348. The molecule has 3 N–H and O–H groups in total. The molecule has 0 aliphatic carbocycles. The molecule has 1 aromatic heterocycles. The summed E-state index contributed by atoms with van der Waals surface area (Å²) in [6, 6.07) is -0.404. The van der Waals surface area contributed by atoms with Crippen LogP contribution in [0.3, 0.4) is 0 Å². The first-order valence-corrected chi connectivity index (χ1v) is 4.67. The summed E-state index contributed by atoms with van der Waals surface area (Å²) in [5, 5.41) is 6.09. The summed E-state index contributed by atoms with van der Waals surface area (Å²) in [7, 11) is 0. The lowest BCUT2D eigenvalue weighted by molar-refractivity contribution is 0.0942. The Morgan fingerprint density at radius 2 is 2.53 bits per heavy atom. The van der Waals surface area contributed by atoms with Crippen LogP contribution in [0, 0.1) is 0 Å². The Hall–Kier alpha value is -1.69. The summed E-state index contributed by atoms with van der Waals surface area (Å²) in [5.41, 5.74) is 5.69. The Labute approximate surface area is 87.5 Å². The Morgan fingerprint density at radius 1 is 1.80 bits per heavy atom. The van der Waals surface area contributed by atoms with Crippen molar-refractivity contribution in [2.75, 3.05) is 6.54 Å². The van der Waals surface area contributed by atoms with Crippen LogP contribution in [0.5, 0.6) is 0 Å². The normalized spacial score (nSPS) is 12.1. The van der Waals surface area contributed by atoms with E-state index in [0.717, 1.165) is 0 Å². The molecule has 6 nitrogen and oxygen atoms in total. The SMILES string of the molecule is C=CCC(N)c1nc(C(=O)NCC)no1. The van der Waals surface area contributed by atoms with Crippen molar-refractivity contribution in [3.05, 3.63) is 24.4 Å². The van der Waals surface area contributed by atoms with E-state index < -0.39 is 6.04 Å². The van der Waals surface area contributed by atoms with Gasteiger partial charge in [0.2, 0.25) is 5.89 Å². The number of rotatable bonds is 5. The summed E-state index contributed by atoms with van der Waals surface area (Å²) in [5.74, 6) is -0.110. The molecule has 15 heavy (non-hydrogen) atoms. The zero-order valence-electron chi connectivity index (χ0n) is 8.56. The summed E-state index contributed by atoms with van der Waals surface area (Å²) in [6.07, 6.45) is 2.18. The van der Waals surface area contributed by atoms with Gasteiger partial charge in [-0.05, 0) is 13.3 Å². The predicted molar refractivity (Wildman–Crippen MR) is 54.0 cm³/mol. The van der Waals surface area contributed by atoms with E-state index in [1.54, 1.807) is 6.08 Å². The first kappa shape index (κ1) is 11.4. The van der Waals surface area contributed by atoms with Gasteiger partial charge in [0.15, 0.2) is 0 Å². The van der Waals surface area contributed by atoms with Crippen molar-refractivity contribution in [3.63, 3.8) is 0 Å². The molecule has 1 aromatic rings. The minimum atomic E-state index is -0.404. The molecular formula is C9H14N4O2. The van der Waals surface area contributed by atoms with Gasteiger partial charge < -0.3 is 15.6 Å². The molecular weight excluding hydrogens is 196 g/mol. The molecule has 0 aliphatic rings. The average molecular weight is 210 g/mol. The first-order valence-electron chi connectivity index (χ1n) is 4.67. The molecule has 0 radical (unpaired) electrons. The van der Waals surface area contributed by atoms with Crippen molar-refractivity contribution < 1.29 is 9.32 Å². The molecule has 1 rings (SSSR count). The zero-order chi connectivity index (χ0) is 11.3. The number of carbonyl (C=O) groups is 1. The quantitative estimate of drug-likeness (QED) is 0.686. The van der Waals surface area contributed by atoms with Gasteiger partial charge in [0.1, 0.15) is 0 Å². The van der Waals surface area contributed by atoms with Gasteiger partial charge in [0.25, 0.3) is 11.7 Å². The largest absolute Gasteiger partial charge is 0.349 e. The minimum absolute atomic E-state index is 0.00589. The number of aromatic nitrogens is 2. The van der Waals surface area contributed by atoms with Gasteiger partial charge in [0, 0.05) is 6.54 Å². The second-order valence-corrected chi connectivity index (χ2v) is 2.95. The van der Waals surface area contributed by atoms with E-state index in [-0.39, 0.29) is 17.6 Å². The minimum Gasteiger partial charge on any atom is -0.349 e. The molecule has 1 atom stereocenters. The molecule has 6 heteroatoms. The fraction of sp³-hybridized carbons (Fsp3) is 0.444. The highest BCUT2D eigenvalue weighted by atomic mass is 16.5. The number of nitrogens with one attached hydrogen (secondary N) is 1. The van der Waals surface area contributed by atoms with Crippen LogP contribution < -0.4 is 11.1 Å². The third-order valence-corrected chi connectivity index (χ3v) is 1.72. The van der Waals surface area contributed by atoms with Crippen LogP contribution in [0.25, 0.3) is 0 Å². The van der Waals surface area contributed by atoms with Crippen molar-refractivity contribution in [2.24, 2.45) is 5.73 Å². The highest BCUT2D eigenvalue weighted by Crippen LogP contribution is 2.11. The maximum Gasteiger partial charge on any atom is 0.292 e. The summed E-state index contributed by atoms with van der Waals surface area (Å²) < 4.78 is 4.85. The topological polar surface area (TPSA) is 94.0 Å². The lowest BCUT2D eigenvalue weighted by Gasteiger charge is -2.00. The molecule has 0 aliphatic heterocycles. The standard InChI is InChI=1S/C9H14N4O2/c1-3-5-6(10)9-12-7(13-15-9)8(14)11-4-2/h3,6H,1,4-5,10H2,2H3,(H,11,14). The summed E-state index contributed by atoms with van der Waals surface area (Å²) >= 11 is 0. The lowest BCUT2D eigenvalue weighted by Crippen LogP contribution is -2.24. The molecule has 1 amide bonds. The van der Waals surface area contributed by atoms with Crippen LogP contribution in [-0.4, -0.2) is 22.6 Å². The Morgan fingerprint density at radius 3 is 3.13 bits per heavy atom. The third-order valence-electron chi connectivity index (χ3n) is 1.72. The maximum absolute atomic E-state index is 11.3. The monoisotopic (exact) mass is 210 g/mol. The average Bonchev–Trinajstić information content (AvgIpc) is 2.67. The van der Waals surface area contributed by atoms with Gasteiger partial charge in [-0.25, -0.2) is 0 Å². The molecule has 0 spiro atoms. The van der Waals surface area contributed by atoms with E-state index >= 15 is 0 Å². The molecule has 82 valence electrons. The Balaban J connectivity index is 2.71. The van der Waals surface area contributed by atoms with E-state index in [0.29, 0.717) is 13.0 Å². The second kappa shape index (κ2) is 5.26. The van der Waals surface area contributed by atoms with E-state index in [1.807, 2.05) is 6.92 Å². The van der Waals surface area contributed by atoms with E-state index in [2.05, 4.69) is 22.0 Å². The van der Waals surface area contributed by atoms with Crippen molar-refractivity contribution >= 4 is 5.91 Å². The van der Waals surface area contributed by atoms with Crippen molar-refractivity contribution in [2.45, 2.75) is 19.4 Å². The van der Waals surface area contributed by atoms with Crippen LogP contribution in [0.2, 0.25) is 0 Å². The van der Waals surface area contributed by atoms with Gasteiger partial charge in [-0.15, -0.1) is 6.58 Å². The van der Waals surface area contributed by atoms with Crippen LogP contribution in [0.1, 0.15) is 35.9 Å². The molecule has 1 heterocycles. The van der Waals surface area contributed by atoms with Crippen LogP contribution in [0.4, 0.5) is 0 Å². The van der Waals surface area contributed by atoms with E-state index in [9.17, 15) is 4.79 Å². The number of carbonyl (C=O) groups excluding carboxylic acids is 1. The van der Waals surface area contributed by atoms with Crippen molar-refractivity contribution in [3.8, 4) is 0 Å². The smallest absolute Gasteiger partial charge is 0.292 e. The Kier molecular flexibility index (Phi) is 3.99. The van der Waals surface area contributed by atoms with E-state index in [4.69, 9.17) is 10.3 Å². The van der Waals surface area contributed by atoms with Gasteiger partial charge in [0.05, 0.1) is 6.04 Å². The lowest BCUT2D eigenvalue weighted by atomic mass is 10.2. The fourth-order valence-corrected chi connectivity index (χ4v) is 0.998. The number of amides is 1. The van der Waals surface area contributed by atoms with E-state index in [1.165, 1.54) is 0 Å². The highest BCUT2D eigenvalue weighted by molar-refractivity contribution is 5.90. The summed E-state index contributed by atoms with van der Waals surface area (Å²) in [6.45, 7) is 5.87. The van der Waals surface area contributed by atoms with Gasteiger partial charge in [-0.2, -0.15) is 4.98 Å². The number of hydrogen-bond acceptors (Lipinski definition) is 5. The molecule has 0 saturated carbocycles. The molecule has 1 unspecified atom stereocenters. The first-order chi connectivity index (χ1) is 7.19. The molecule has 0 fully saturated rings. The molecule has 0 saturated heterocycles. The van der Waals surface area contributed by atoms with Gasteiger partial charge >= 0.3 is 0 Å². The van der Waals surface area contributed by atoms with Gasteiger partial charge in [-0.1, -0.05) is 11.2 Å². The third kappa shape index (κ3) is 2.88. The van der Waals surface area contributed by atoms with Crippen LogP contribution >= 0.6 is 0 Å². The van der Waals surface area contributed by atoms with Gasteiger partial charge in [-0.3, -0.25) is 4.79 Å². The number of hydrogen-bond donors (Lipinski definition) is 2. The number of nitrogens with two attached hydrogens (primary N) is 1. The van der Waals surface area contributed by atoms with Crippen molar-refractivity contribution in [1.29, 1.82) is 0 Å². The van der Waals surface area contributed by atoms with Crippen LogP contribution in [-0.2, 0) is 0 Å². The second-order valence-electron chi connectivity index (χ2n) is 2.95. The fourth-order valence-electron chi connectivity index (χ4n) is 0.998. The van der Waals surface area contributed by atoms with Crippen molar-refractivity contribution in [1.82, 2.24) is 15.5 Å². The molecule has 0 aromatic carbocycles. The highest BCUT2D eigenvalue weighted by Gasteiger charge is 2.17. The predicted octanol–water partition coefficient (Wildman–Crippen LogP) is 0.395. The maximum atomic E-state index is 11.3.